The Hall–Kier alpha value is 0.140. The first-order valence-corrected chi connectivity index (χ1v) is 6.66. The van der Waals surface area contributed by atoms with Crippen LogP contribution in [-0.4, -0.2) is 11.7 Å². The van der Waals surface area contributed by atoms with Gasteiger partial charge in [0.25, 0.3) is 0 Å². The van der Waals surface area contributed by atoms with Crippen molar-refractivity contribution in [2.75, 3.05) is 6.61 Å². The summed E-state index contributed by atoms with van der Waals surface area (Å²) in [5.74, 6) is 0.737. The number of thiophene rings is 1. The summed E-state index contributed by atoms with van der Waals surface area (Å²) in [7, 11) is 0. The Morgan fingerprint density at radius 1 is 1.64 bits per heavy atom. The second-order valence-corrected chi connectivity index (χ2v) is 6.31. The van der Waals surface area contributed by atoms with Gasteiger partial charge in [-0.25, -0.2) is 0 Å². The minimum atomic E-state index is 0.105. The zero-order valence-corrected chi connectivity index (χ0v) is 10.7. The van der Waals surface area contributed by atoms with Crippen LogP contribution < -0.4 is 0 Å². The highest BCUT2D eigenvalue weighted by molar-refractivity contribution is 9.10. The lowest BCUT2D eigenvalue weighted by molar-refractivity contribution is 0.120. The average molecular weight is 275 g/mol. The summed E-state index contributed by atoms with van der Waals surface area (Å²) < 4.78 is 1.20. The highest BCUT2D eigenvalue weighted by Gasteiger charge is 2.41. The molecular weight excluding hydrogens is 260 g/mol. The monoisotopic (exact) mass is 274 g/mol. The number of aliphatic hydroxyl groups excluding tert-OH is 1. The SMILES string of the molecule is CC(CO)(Cc1sccc1Br)C1CC1. The normalized spacial score (nSPS) is 20.8. The summed E-state index contributed by atoms with van der Waals surface area (Å²) in [6, 6.07) is 2.09. The number of rotatable bonds is 4. The van der Waals surface area contributed by atoms with Gasteiger partial charge in [0.2, 0.25) is 0 Å². The molecule has 1 fully saturated rings. The van der Waals surface area contributed by atoms with E-state index >= 15 is 0 Å². The Balaban J connectivity index is 2.11. The number of hydrogen-bond acceptors (Lipinski definition) is 2. The van der Waals surface area contributed by atoms with Crippen LogP contribution in [0.15, 0.2) is 15.9 Å². The van der Waals surface area contributed by atoms with Crippen molar-refractivity contribution in [3.8, 4) is 0 Å². The van der Waals surface area contributed by atoms with E-state index in [9.17, 15) is 5.11 Å². The van der Waals surface area contributed by atoms with Gasteiger partial charge in [-0.1, -0.05) is 6.92 Å². The van der Waals surface area contributed by atoms with Gasteiger partial charge >= 0.3 is 0 Å². The molecule has 1 aromatic rings. The Kier molecular flexibility index (Phi) is 3.01. The van der Waals surface area contributed by atoms with Crippen LogP contribution in [0, 0.1) is 11.3 Å². The highest BCUT2D eigenvalue weighted by Crippen LogP contribution is 2.48. The third-order valence-electron chi connectivity index (χ3n) is 3.18. The number of aliphatic hydroxyl groups is 1. The fourth-order valence-electron chi connectivity index (χ4n) is 1.93. The molecule has 1 atom stereocenters. The largest absolute Gasteiger partial charge is 0.396 e. The Morgan fingerprint density at radius 2 is 2.36 bits per heavy atom. The van der Waals surface area contributed by atoms with Crippen molar-refractivity contribution in [3.05, 3.63) is 20.8 Å². The number of halogens is 1. The summed E-state index contributed by atoms with van der Waals surface area (Å²) >= 11 is 5.33. The van der Waals surface area contributed by atoms with E-state index in [1.54, 1.807) is 11.3 Å². The maximum Gasteiger partial charge on any atom is 0.0490 e. The zero-order valence-electron chi connectivity index (χ0n) is 8.29. The smallest absolute Gasteiger partial charge is 0.0490 e. The van der Waals surface area contributed by atoms with E-state index in [1.807, 2.05) is 0 Å². The summed E-state index contributed by atoms with van der Waals surface area (Å²) in [6.45, 7) is 2.51. The molecule has 78 valence electrons. The van der Waals surface area contributed by atoms with Gasteiger partial charge in [0.15, 0.2) is 0 Å². The standard InChI is InChI=1S/C11H15BrOS/c1-11(7-13,8-2-3-8)6-10-9(12)4-5-14-10/h4-5,8,13H,2-3,6-7H2,1H3. The summed E-state index contributed by atoms with van der Waals surface area (Å²) in [5, 5.41) is 11.6. The van der Waals surface area contributed by atoms with Gasteiger partial charge < -0.3 is 5.11 Å². The molecule has 1 aliphatic carbocycles. The second kappa shape index (κ2) is 3.95. The van der Waals surface area contributed by atoms with Crippen molar-refractivity contribution in [2.24, 2.45) is 11.3 Å². The van der Waals surface area contributed by atoms with E-state index in [0.717, 1.165) is 12.3 Å². The molecule has 1 N–H and O–H groups in total. The lowest BCUT2D eigenvalue weighted by Gasteiger charge is -2.26. The number of hydrogen-bond donors (Lipinski definition) is 1. The fourth-order valence-corrected chi connectivity index (χ4v) is 3.62. The molecule has 0 aromatic carbocycles. The van der Waals surface area contributed by atoms with E-state index in [0.29, 0.717) is 6.61 Å². The topological polar surface area (TPSA) is 20.2 Å². The lowest BCUT2D eigenvalue weighted by Crippen LogP contribution is -2.26. The molecule has 0 spiro atoms. The van der Waals surface area contributed by atoms with Gasteiger partial charge in [0, 0.05) is 16.0 Å². The Labute approximate surface area is 97.3 Å². The summed E-state index contributed by atoms with van der Waals surface area (Å²) in [5.41, 5.74) is 0.105. The van der Waals surface area contributed by atoms with Crippen molar-refractivity contribution in [3.63, 3.8) is 0 Å². The fraction of sp³-hybridized carbons (Fsp3) is 0.636. The van der Waals surface area contributed by atoms with Crippen molar-refractivity contribution >= 4 is 27.3 Å². The average Bonchev–Trinajstić information content (AvgIpc) is 2.95. The molecule has 3 heteroatoms. The van der Waals surface area contributed by atoms with Crippen LogP contribution in [0.3, 0.4) is 0 Å². The van der Waals surface area contributed by atoms with Crippen LogP contribution in [0.5, 0.6) is 0 Å². The molecule has 0 amide bonds. The van der Waals surface area contributed by atoms with E-state index in [4.69, 9.17) is 0 Å². The van der Waals surface area contributed by atoms with Crippen LogP contribution in [0.2, 0.25) is 0 Å². The predicted octanol–water partition coefficient (Wildman–Crippen LogP) is 3.46. The van der Waals surface area contributed by atoms with Gasteiger partial charge in [-0.15, -0.1) is 11.3 Å². The molecule has 1 unspecified atom stereocenters. The van der Waals surface area contributed by atoms with Crippen molar-refractivity contribution in [1.29, 1.82) is 0 Å². The molecule has 0 saturated heterocycles. The van der Waals surface area contributed by atoms with E-state index in [1.165, 1.54) is 22.2 Å². The van der Waals surface area contributed by atoms with Gasteiger partial charge in [-0.05, 0) is 58.0 Å². The van der Waals surface area contributed by atoms with E-state index < -0.39 is 0 Å². The van der Waals surface area contributed by atoms with Gasteiger partial charge in [0.05, 0.1) is 0 Å². The first-order chi connectivity index (χ1) is 6.65. The Bertz CT molecular complexity index is 319. The summed E-state index contributed by atoms with van der Waals surface area (Å²) in [4.78, 5) is 1.37. The van der Waals surface area contributed by atoms with E-state index in [-0.39, 0.29) is 5.41 Å². The molecule has 14 heavy (non-hydrogen) atoms. The van der Waals surface area contributed by atoms with Crippen molar-refractivity contribution in [2.45, 2.75) is 26.2 Å². The maximum absolute atomic E-state index is 9.47. The van der Waals surface area contributed by atoms with Crippen LogP contribution in [0.1, 0.15) is 24.6 Å². The molecule has 0 radical (unpaired) electrons. The first-order valence-electron chi connectivity index (χ1n) is 4.98. The quantitative estimate of drug-likeness (QED) is 0.892. The second-order valence-electron chi connectivity index (χ2n) is 4.45. The van der Waals surface area contributed by atoms with Crippen LogP contribution in [0.4, 0.5) is 0 Å². The maximum atomic E-state index is 9.47. The molecular formula is C11H15BrOS. The molecule has 1 heterocycles. The van der Waals surface area contributed by atoms with Gasteiger partial charge in [-0.2, -0.15) is 0 Å². The lowest BCUT2D eigenvalue weighted by atomic mass is 9.82. The van der Waals surface area contributed by atoms with Crippen molar-refractivity contribution < 1.29 is 5.11 Å². The van der Waals surface area contributed by atoms with Crippen LogP contribution >= 0.6 is 27.3 Å². The van der Waals surface area contributed by atoms with Crippen molar-refractivity contribution in [1.82, 2.24) is 0 Å². The molecule has 0 bridgehead atoms. The van der Waals surface area contributed by atoms with Gasteiger partial charge in [0.1, 0.15) is 0 Å². The minimum absolute atomic E-state index is 0.105. The minimum Gasteiger partial charge on any atom is -0.396 e. The molecule has 1 saturated carbocycles. The third-order valence-corrected chi connectivity index (χ3v) is 5.11. The molecule has 1 aromatic heterocycles. The highest BCUT2D eigenvalue weighted by atomic mass is 79.9. The van der Waals surface area contributed by atoms with Gasteiger partial charge in [-0.3, -0.25) is 0 Å². The Morgan fingerprint density at radius 3 is 2.79 bits per heavy atom. The molecule has 0 aliphatic heterocycles. The summed E-state index contributed by atoms with van der Waals surface area (Å²) in [6.07, 6.45) is 3.59. The zero-order chi connectivity index (χ0) is 10.2. The third kappa shape index (κ3) is 2.05. The van der Waals surface area contributed by atoms with E-state index in [2.05, 4.69) is 34.3 Å². The predicted molar refractivity (Wildman–Crippen MR) is 63.6 cm³/mol. The van der Waals surface area contributed by atoms with Crippen LogP contribution in [0.25, 0.3) is 0 Å². The molecule has 1 aliphatic rings. The van der Waals surface area contributed by atoms with Crippen LogP contribution in [-0.2, 0) is 6.42 Å². The molecule has 2 rings (SSSR count). The molecule has 1 nitrogen and oxygen atoms in total. The first kappa shape index (κ1) is 10.7.